The summed E-state index contributed by atoms with van der Waals surface area (Å²) >= 11 is 5.35. The number of hydrogen-bond acceptors (Lipinski definition) is 3. The first kappa shape index (κ1) is 10.1. The van der Waals surface area contributed by atoms with Gasteiger partial charge in [-0.15, -0.1) is 0 Å². The highest BCUT2D eigenvalue weighted by atomic mass is 79.9. The standard InChI is InChI=1S/C10H11BrN2S/c11-10-4-2-1-3-9(10)7-14-13-6-5-12-8-13/h1-4,8H,5-7H2. The van der Waals surface area contributed by atoms with Crippen LogP contribution in [-0.4, -0.2) is 23.7 Å². The van der Waals surface area contributed by atoms with Crippen LogP contribution in [0.2, 0.25) is 0 Å². The maximum absolute atomic E-state index is 4.17. The first-order valence-corrected chi connectivity index (χ1v) is 6.23. The third-order valence-corrected chi connectivity index (χ3v) is 3.83. The van der Waals surface area contributed by atoms with E-state index in [4.69, 9.17) is 0 Å². The predicted octanol–water partition coefficient (Wildman–Crippen LogP) is 2.94. The topological polar surface area (TPSA) is 15.6 Å². The van der Waals surface area contributed by atoms with Gasteiger partial charge >= 0.3 is 0 Å². The number of benzene rings is 1. The number of aliphatic imine (C=N–C) groups is 1. The molecule has 0 unspecified atom stereocenters. The molecule has 0 N–H and O–H groups in total. The zero-order valence-corrected chi connectivity index (χ0v) is 10.1. The van der Waals surface area contributed by atoms with Crippen LogP contribution in [0.1, 0.15) is 5.56 Å². The summed E-state index contributed by atoms with van der Waals surface area (Å²) < 4.78 is 3.36. The molecule has 0 aliphatic carbocycles. The van der Waals surface area contributed by atoms with Gasteiger partial charge in [-0.25, -0.2) is 0 Å². The Hall–Kier alpha value is -0.480. The SMILES string of the molecule is Brc1ccccc1CSN1C=NCC1. The highest BCUT2D eigenvalue weighted by molar-refractivity contribution is 9.10. The van der Waals surface area contributed by atoms with Crippen LogP contribution in [0.15, 0.2) is 33.7 Å². The van der Waals surface area contributed by atoms with Gasteiger partial charge in [0.05, 0.1) is 19.4 Å². The van der Waals surface area contributed by atoms with E-state index in [-0.39, 0.29) is 0 Å². The second-order valence-corrected chi connectivity index (χ2v) is 4.90. The molecule has 1 heterocycles. The van der Waals surface area contributed by atoms with Crippen LogP contribution < -0.4 is 0 Å². The van der Waals surface area contributed by atoms with E-state index in [0.29, 0.717) is 0 Å². The molecular formula is C10H11BrN2S. The van der Waals surface area contributed by atoms with Gasteiger partial charge < -0.3 is 4.31 Å². The van der Waals surface area contributed by atoms with Gasteiger partial charge in [-0.1, -0.05) is 34.1 Å². The molecule has 1 aromatic carbocycles. The summed E-state index contributed by atoms with van der Waals surface area (Å²) in [5.41, 5.74) is 1.33. The molecular weight excluding hydrogens is 260 g/mol. The minimum atomic E-state index is 0.933. The third kappa shape index (κ3) is 2.51. The van der Waals surface area contributed by atoms with E-state index < -0.39 is 0 Å². The van der Waals surface area contributed by atoms with Gasteiger partial charge in [-0.2, -0.15) is 0 Å². The van der Waals surface area contributed by atoms with E-state index in [2.05, 4.69) is 43.4 Å². The summed E-state index contributed by atoms with van der Waals surface area (Å²) in [6, 6.07) is 8.33. The van der Waals surface area contributed by atoms with E-state index in [1.54, 1.807) is 11.9 Å². The van der Waals surface area contributed by atoms with Crippen molar-refractivity contribution in [3.8, 4) is 0 Å². The van der Waals surface area contributed by atoms with Crippen molar-refractivity contribution >= 4 is 34.2 Å². The molecule has 0 bridgehead atoms. The molecule has 0 fully saturated rings. The van der Waals surface area contributed by atoms with E-state index in [9.17, 15) is 0 Å². The number of hydrogen-bond donors (Lipinski definition) is 0. The Morgan fingerprint density at radius 3 is 3.00 bits per heavy atom. The third-order valence-electron chi connectivity index (χ3n) is 2.00. The first-order valence-electron chi connectivity index (χ1n) is 4.49. The van der Waals surface area contributed by atoms with Crippen LogP contribution in [0.5, 0.6) is 0 Å². The molecule has 2 nitrogen and oxygen atoms in total. The van der Waals surface area contributed by atoms with Crippen molar-refractivity contribution < 1.29 is 0 Å². The van der Waals surface area contributed by atoms with Crippen molar-refractivity contribution in [1.29, 1.82) is 0 Å². The second kappa shape index (κ2) is 4.84. The summed E-state index contributed by atoms with van der Waals surface area (Å²) in [6.45, 7) is 1.97. The Bertz CT molecular complexity index is 341. The summed E-state index contributed by atoms with van der Waals surface area (Å²) in [5, 5.41) is 0. The fourth-order valence-corrected chi connectivity index (χ4v) is 2.74. The first-order chi connectivity index (χ1) is 6.86. The number of nitrogens with zero attached hydrogens (tertiary/aromatic N) is 2. The molecule has 0 saturated carbocycles. The van der Waals surface area contributed by atoms with Crippen LogP contribution in [-0.2, 0) is 5.75 Å². The molecule has 0 atom stereocenters. The monoisotopic (exact) mass is 270 g/mol. The Balaban J connectivity index is 1.91. The summed E-state index contributed by atoms with van der Waals surface area (Å²) in [7, 11) is 0. The van der Waals surface area contributed by atoms with Gasteiger partial charge in [-0.05, 0) is 23.6 Å². The lowest BCUT2D eigenvalue weighted by Crippen LogP contribution is -2.10. The van der Waals surface area contributed by atoms with Crippen LogP contribution in [0, 0.1) is 0 Å². The molecule has 2 rings (SSSR count). The van der Waals surface area contributed by atoms with Crippen molar-refractivity contribution in [3.63, 3.8) is 0 Å². The van der Waals surface area contributed by atoms with Crippen molar-refractivity contribution in [3.05, 3.63) is 34.3 Å². The van der Waals surface area contributed by atoms with E-state index >= 15 is 0 Å². The van der Waals surface area contributed by atoms with Crippen LogP contribution >= 0.6 is 27.9 Å². The van der Waals surface area contributed by atoms with Gasteiger partial charge in [0.15, 0.2) is 0 Å². The molecule has 0 aromatic heterocycles. The van der Waals surface area contributed by atoms with Crippen LogP contribution in [0.25, 0.3) is 0 Å². The highest BCUT2D eigenvalue weighted by Gasteiger charge is 2.06. The average molecular weight is 271 g/mol. The normalized spacial score (nSPS) is 15.1. The quantitative estimate of drug-likeness (QED) is 0.785. The minimum absolute atomic E-state index is 0.933. The summed E-state index contributed by atoms with van der Waals surface area (Å²) in [5.74, 6) is 0.993. The molecule has 0 saturated heterocycles. The van der Waals surface area contributed by atoms with Crippen molar-refractivity contribution in [1.82, 2.24) is 4.31 Å². The van der Waals surface area contributed by atoms with Gasteiger partial charge in [0.1, 0.15) is 0 Å². The summed E-state index contributed by atoms with van der Waals surface area (Å²) in [4.78, 5) is 4.17. The maximum Gasteiger partial charge on any atom is 0.0950 e. The van der Waals surface area contributed by atoms with Crippen molar-refractivity contribution in [2.75, 3.05) is 13.1 Å². The maximum atomic E-state index is 4.17. The lowest BCUT2D eigenvalue weighted by Gasteiger charge is -2.12. The van der Waals surface area contributed by atoms with Crippen molar-refractivity contribution in [2.45, 2.75) is 5.75 Å². The molecule has 1 aliphatic heterocycles. The minimum Gasteiger partial charge on any atom is -0.305 e. The molecule has 74 valence electrons. The molecule has 1 aliphatic rings. The lowest BCUT2D eigenvalue weighted by atomic mass is 10.2. The molecule has 1 aromatic rings. The fourth-order valence-electron chi connectivity index (χ4n) is 1.23. The molecule has 4 heteroatoms. The van der Waals surface area contributed by atoms with E-state index in [0.717, 1.165) is 18.8 Å². The van der Waals surface area contributed by atoms with Gasteiger partial charge in [0, 0.05) is 10.2 Å². The Kier molecular flexibility index (Phi) is 3.48. The van der Waals surface area contributed by atoms with Gasteiger partial charge in [0.25, 0.3) is 0 Å². The largest absolute Gasteiger partial charge is 0.305 e. The lowest BCUT2D eigenvalue weighted by molar-refractivity contribution is 0.747. The van der Waals surface area contributed by atoms with Crippen LogP contribution in [0.3, 0.4) is 0 Å². The van der Waals surface area contributed by atoms with Crippen molar-refractivity contribution in [2.24, 2.45) is 4.99 Å². The predicted molar refractivity (Wildman–Crippen MR) is 65.5 cm³/mol. The molecule has 14 heavy (non-hydrogen) atoms. The number of halogens is 1. The summed E-state index contributed by atoms with van der Waals surface area (Å²) in [6.07, 6.45) is 1.92. The van der Waals surface area contributed by atoms with Crippen LogP contribution in [0.4, 0.5) is 0 Å². The van der Waals surface area contributed by atoms with E-state index in [1.165, 1.54) is 10.0 Å². The Morgan fingerprint density at radius 2 is 2.29 bits per heavy atom. The average Bonchev–Trinajstić information content (AvgIpc) is 2.69. The Labute approximate surface area is 96.7 Å². The fraction of sp³-hybridized carbons (Fsp3) is 0.300. The molecule has 0 radical (unpaired) electrons. The second-order valence-electron chi connectivity index (χ2n) is 3.03. The highest BCUT2D eigenvalue weighted by Crippen LogP contribution is 2.23. The van der Waals surface area contributed by atoms with Gasteiger partial charge in [-0.3, -0.25) is 4.99 Å². The Morgan fingerprint density at radius 1 is 1.43 bits per heavy atom. The molecule has 0 amide bonds. The number of rotatable bonds is 3. The zero-order chi connectivity index (χ0) is 9.80. The zero-order valence-electron chi connectivity index (χ0n) is 7.69. The van der Waals surface area contributed by atoms with Gasteiger partial charge in [0.2, 0.25) is 0 Å². The van der Waals surface area contributed by atoms with E-state index in [1.807, 2.05) is 12.4 Å². The smallest absolute Gasteiger partial charge is 0.0950 e. The molecule has 0 spiro atoms.